The predicted molar refractivity (Wildman–Crippen MR) is 81.7 cm³/mol. The summed E-state index contributed by atoms with van der Waals surface area (Å²) < 4.78 is 0. The second-order valence-corrected chi connectivity index (χ2v) is 5.34. The first kappa shape index (κ1) is 13.1. The van der Waals surface area contributed by atoms with Gasteiger partial charge in [-0.2, -0.15) is 0 Å². The van der Waals surface area contributed by atoms with Crippen LogP contribution in [-0.4, -0.2) is 29.1 Å². The Labute approximate surface area is 119 Å². The molecule has 3 rings (SSSR count). The van der Waals surface area contributed by atoms with Gasteiger partial charge in [0.15, 0.2) is 0 Å². The van der Waals surface area contributed by atoms with Crippen molar-refractivity contribution in [2.75, 3.05) is 18.4 Å². The third kappa shape index (κ3) is 3.14. The fourth-order valence-corrected chi connectivity index (χ4v) is 2.54. The van der Waals surface area contributed by atoms with E-state index in [0.29, 0.717) is 12.0 Å². The minimum absolute atomic E-state index is 0.551. The Morgan fingerprint density at radius 1 is 1.25 bits per heavy atom. The van der Waals surface area contributed by atoms with Gasteiger partial charge in [0.2, 0.25) is 5.95 Å². The molecule has 4 nitrogen and oxygen atoms in total. The van der Waals surface area contributed by atoms with Crippen LogP contribution in [0.25, 0.3) is 11.1 Å². The number of anilines is 1. The molecule has 2 aromatic rings. The molecule has 1 aromatic heterocycles. The fourth-order valence-electron chi connectivity index (χ4n) is 2.54. The Hall–Kier alpha value is -1.94. The molecule has 2 N–H and O–H groups in total. The van der Waals surface area contributed by atoms with E-state index in [-0.39, 0.29) is 0 Å². The Kier molecular flexibility index (Phi) is 3.92. The highest BCUT2D eigenvalue weighted by Crippen LogP contribution is 2.19. The number of nitrogens with zero attached hydrogens (tertiary/aromatic N) is 2. The molecule has 0 aliphatic carbocycles. The summed E-state index contributed by atoms with van der Waals surface area (Å²) in [6.45, 7) is 4.11. The average molecular weight is 268 g/mol. The van der Waals surface area contributed by atoms with Crippen LogP contribution < -0.4 is 10.6 Å². The van der Waals surface area contributed by atoms with E-state index >= 15 is 0 Å². The zero-order valence-corrected chi connectivity index (χ0v) is 11.8. The molecule has 1 aromatic carbocycles. The van der Waals surface area contributed by atoms with Crippen molar-refractivity contribution >= 4 is 5.95 Å². The van der Waals surface area contributed by atoms with E-state index in [1.165, 1.54) is 18.4 Å². The van der Waals surface area contributed by atoms with Crippen LogP contribution in [0, 0.1) is 6.92 Å². The second kappa shape index (κ2) is 6.01. The molecule has 2 heterocycles. The summed E-state index contributed by atoms with van der Waals surface area (Å²) in [5, 5.41) is 6.74. The van der Waals surface area contributed by atoms with E-state index in [4.69, 9.17) is 0 Å². The molecular formula is C16H20N4. The van der Waals surface area contributed by atoms with Gasteiger partial charge in [-0.25, -0.2) is 9.97 Å². The number of benzene rings is 1. The molecule has 4 heteroatoms. The van der Waals surface area contributed by atoms with Crippen LogP contribution in [-0.2, 0) is 0 Å². The van der Waals surface area contributed by atoms with Gasteiger partial charge >= 0.3 is 0 Å². The molecule has 1 unspecified atom stereocenters. The highest BCUT2D eigenvalue weighted by atomic mass is 15.1. The first-order valence-electron chi connectivity index (χ1n) is 7.17. The van der Waals surface area contributed by atoms with E-state index in [0.717, 1.165) is 24.2 Å². The molecule has 0 bridgehead atoms. The van der Waals surface area contributed by atoms with Gasteiger partial charge in [-0.05, 0) is 31.9 Å². The summed E-state index contributed by atoms with van der Waals surface area (Å²) in [5.74, 6) is 0.704. The zero-order valence-electron chi connectivity index (χ0n) is 11.8. The summed E-state index contributed by atoms with van der Waals surface area (Å²) in [5.41, 5.74) is 3.46. The van der Waals surface area contributed by atoms with Crippen LogP contribution in [0.2, 0.25) is 0 Å². The maximum absolute atomic E-state index is 4.40. The Bertz CT molecular complexity index is 559. The van der Waals surface area contributed by atoms with Gasteiger partial charge < -0.3 is 10.6 Å². The van der Waals surface area contributed by atoms with Crippen molar-refractivity contribution in [1.29, 1.82) is 0 Å². The van der Waals surface area contributed by atoms with Crippen molar-refractivity contribution in [1.82, 2.24) is 15.3 Å². The van der Waals surface area contributed by atoms with Crippen molar-refractivity contribution in [3.8, 4) is 11.1 Å². The van der Waals surface area contributed by atoms with Crippen LogP contribution in [0.1, 0.15) is 18.4 Å². The van der Waals surface area contributed by atoms with Crippen LogP contribution in [0.15, 0.2) is 36.7 Å². The first-order chi connectivity index (χ1) is 9.81. The summed E-state index contributed by atoms with van der Waals surface area (Å²) in [6.07, 6.45) is 6.26. The lowest BCUT2D eigenvalue weighted by molar-refractivity contribution is 0.631. The summed E-state index contributed by atoms with van der Waals surface area (Å²) in [4.78, 5) is 8.79. The summed E-state index contributed by atoms with van der Waals surface area (Å²) in [7, 11) is 0. The van der Waals surface area contributed by atoms with Crippen LogP contribution in [0.4, 0.5) is 5.95 Å². The molecular weight excluding hydrogens is 248 g/mol. The molecule has 20 heavy (non-hydrogen) atoms. The molecule has 1 aliphatic rings. The van der Waals surface area contributed by atoms with Gasteiger partial charge in [-0.15, -0.1) is 0 Å². The Balaban J connectivity index is 1.65. The van der Waals surface area contributed by atoms with E-state index in [1.54, 1.807) is 0 Å². The van der Waals surface area contributed by atoms with Gasteiger partial charge in [0.05, 0.1) is 0 Å². The Morgan fingerprint density at radius 3 is 2.80 bits per heavy atom. The van der Waals surface area contributed by atoms with Crippen molar-refractivity contribution in [3.05, 3.63) is 42.2 Å². The summed E-state index contributed by atoms with van der Waals surface area (Å²) in [6, 6.07) is 8.93. The number of hydrogen-bond acceptors (Lipinski definition) is 4. The maximum Gasteiger partial charge on any atom is 0.222 e. The second-order valence-electron chi connectivity index (χ2n) is 5.34. The lowest BCUT2D eigenvalue weighted by Crippen LogP contribution is -2.29. The first-order valence-corrected chi connectivity index (χ1v) is 7.17. The number of aryl methyl sites for hydroxylation is 1. The van der Waals surface area contributed by atoms with Gasteiger partial charge in [-0.1, -0.05) is 29.8 Å². The highest BCUT2D eigenvalue weighted by Gasteiger charge is 2.13. The molecule has 0 amide bonds. The SMILES string of the molecule is Cc1cccc(-c2cnc(NCC3CCCN3)nc2)c1. The number of hydrogen-bond donors (Lipinski definition) is 2. The summed E-state index contributed by atoms with van der Waals surface area (Å²) >= 11 is 0. The van der Waals surface area contributed by atoms with Gasteiger partial charge in [-0.3, -0.25) is 0 Å². The average Bonchev–Trinajstić information content (AvgIpc) is 2.99. The van der Waals surface area contributed by atoms with E-state index < -0.39 is 0 Å². The minimum Gasteiger partial charge on any atom is -0.353 e. The topological polar surface area (TPSA) is 49.8 Å². The van der Waals surface area contributed by atoms with Crippen molar-refractivity contribution in [3.63, 3.8) is 0 Å². The monoisotopic (exact) mass is 268 g/mol. The highest BCUT2D eigenvalue weighted by molar-refractivity contribution is 5.62. The number of aromatic nitrogens is 2. The normalized spacial score (nSPS) is 18.1. The van der Waals surface area contributed by atoms with Gasteiger partial charge in [0, 0.05) is 30.5 Å². The molecule has 0 radical (unpaired) electrons. The number of nitrogens with one attached hydrogen (secondary N) is 2. The lowest BCUT2D eigenvalue weighted by atomic mass is 10.1. The molecule has 1 fully saturated rings. The molecule has 1 aliphatic heterocycles. The largest absolute Gasteiger partial charge is 0.353 e. The van der Waals surface area contributed by atoms with E-state index in [9.17, 15) is 0 Å². The minimum atomic E-state index is 0.551. The molecule has 0 spiro atoms. The van der Waals surface area contributed by atoms with Crippen molar-refractivity contribution in [2.45, 2.75) is 25.8 Å². The van der Waals surface area contributed by atoms with Gasteiger partial charge in [0.25, 0.3) is 0 Å². The van der Waals surface area contributed by atoms with E-state index in [1.807, 2.05) is 12.4 Å². The smallest absolute Gasteiger partial charge is 0.222 e. The van der Waals surface area contributed by atoms with Crippen molar-refractivity contribution < 1.29 is 0 Å². The third-order valence-electron chi connectivity index (χ3n) is 3.67. The van der Waals surface area contributed by atoms with Crippen LogP contribution >= 0.6 is 0 Å². The molecule has 1 saturated heterocycles. The van der Waals surface area contributed by atoms with Crippen LogP contribution in [0.3, 0.4) is 0 Å². The Morgan fingerprint density at radius 2 is 2.10 bits per heavy atom. The predicted octanol–water partition coefficient (Wildman–Crippen LogP) is 2.62. The fraction of sp³-hybridized carbons (Fsp3) is 0.375. The van der Waals surface area contributed by atoms with Gasteiger partial charge in [0.1, 0.15) is 0 Å². The van der Waals surface area contributed by atoms with E-state index in [2.05, 4.69) is 51.8 Å². The third-order valence-corrected chi connectivity index (χ3v) is 3.67. The standard InChI is InChI=1S/C16H20N4/c1-12-4-2-5-13(8-12)14-9-18-16(19-10-14)20-11-15-6-3-7-17-15/h2,4-5,8-10,15,17H,3,6-7,11H2,1H3,(H,18,19,20). The zero-order chi connectivity index (χ0) is 13.8. The number of rotatable bonds is 4. The van der Waals surface area contributed by atoms with Crippen LogP contribution in [0.5, 0.6) is 0 Å². The lowest BCUT2D eigenvalue weighted by Gasteiger charge is -2.11. The molecule has 1 atom stereocenters. The molecule has 0 saturated carbocycles. The molecule has 104 valence electrons. The van der Waals surface area contributed by atoms with Crippen molar-refractivity contribution in [2.24, 2.45) is 0 Å². The quantitative estimate of drug-likeness (QED) is 0.895. The maximum atomic E-state index is 4.40.